The summed E-state index contributed by atoms with van der Waals surface area (Å²) in [5.41, 5.74) is 4.92. The fourth-order valence-electron chi connectivity index (χ4n) is 1.92. The monoisotopic (exact) mass is 380 g/mol. The third-order valence-electron chi connectivity index (χ3n) is 3.16. The number of carbonyl (C=O) groups is 2. The van der Waals surface area contributed by atoms with Crippen LogP contribution in [0.25, 0.3) is 0 Å². The zero-order chi connectivity index (χ0) is 18.2. The molecular weight excluding hydrogens is 364 g/mol. The molecule has 0 aliphatic heterocycles. The Morgan fingerprint density at radius 1 is 1.12 bits per heavy atom. The first-order valence-corrected chi connectivity index (χ1v) is 8.84. The molecule has 0 saturated heterocycles. The van der Waals surface area contributed by atoms with Crippen molar-refractivity contribution in [2.24, 2.45) is 0 Å². The van der Waals surface area contributed by atoms with E-state index in [2.05, 4.69) is 10.9 Å². The van der Waals surface area contributed by atoms with Gasteiger partial charge in [-0.25, -0.2) is 0 Å². The molecule has 25 heavy (non-hydrogen) atoms. The third-order valence-corrected chi connectivity index (χ3v) is 4.20. The van der Waals surface area contributed by atoms with Gasteiger partial charge >= 0.3 is 0 Å². The summed E-state index contributed by atoms with van der Waals surface area (Å²) in [6.45, 7) is -0.285. The molecule has 2 rings (SSSR count). The number of benzene rings is 2. The first kappa shape index (κ1) is 19.0. The summed E-state index contributed by atoms with van der Waals surface area (Å²) in [6.07, 6.45) is 1.92. The standard InChI is InChI=1S/C17H17ClN2O4S/c1-23-15-9-11(25-2)7-8-12(15)17(22)20-19-16(21)10-24-14-6-4-3-5-13(14)18/h3-9H,10H2,1-2H3,(H,19,21)(H,20,22). The lowest BCUT2D eigenvalue weighted by Gasteiger charge is -2.12. The van der Waals surface area contributed by atoms with Crippen molar-refractivity contribution in [3.63, 3.8) is 0 Å². The number of para-hydroxylation sites is 1. The van der Waals surface area contributed by atoms with Crippen molar-refractivity contribution < 1.29 is 19.1 Å². The average molecular weight is 381 g/mol. The van der Waals surface area contributed by atoms with Gasteiger partial charge in [-0.1, -0.05) is 23.7 Å². The van der Waals surface area contributed by atoms with E-state index < -0.39 is 11.8 Å². The summed E-state index contributed by atoms with van der Waals surface area (Å²) in [7, 11) is 1.48. The maximum absolute atomic E-state index is 12.2. The highest BCUT2D eigenvalue weighted by atomic mass is 35.5. The van der Waals surface area contributed by atoms with Crippen LogP contribution in [0.5, 0.6) is 11.5 Å². The van der Waals surface area contributed by atoms with Crippen LogP contribution >= 0.6 is 23.4 Å². The van der Waals surface area contributed by atoms with E-state index in [1.54, 1.807) is 42.5 Å². The smallest absolute Gasteiger partial charge is 0.276 e. The molecule has 0 saturated carbocycles. The largest absolute Gasteiger partial charge is 0.496 e. The molecule has 0 aliphatic carbocycles. The van der Waals surface area contributed by atoms with Gasteiger partial charge in [0.05, 0.1) is 17.7 Å². The number of rotatable bonds is 6. The number of nitrogens with one attached hydrogen (secondary N) is 2. The van der Waals surface area contributed by atoms with Crippen LogP contribution in [0.1, 0.15) is 10.4 Å². The van der Waals surface area contributed by atoms with E-state index >= 15 is 0 Å². The van der Waals surface area contributed by atoms with Gasteiger partial charge in [0.15, 0.2) is 6.61 Å². The fourth-order valence-corrected chi connectivity index (χ4v) is 2.54. The van der Waals surface area contributed by atoms with Crippen LogP contribution in [0.3, 0.4) is 0 Å². The normalized spacial score (nSPS) is 10.0. The predicted molar refractivity (Wildman–Crippen MR) is 97.3 cm³/mol. The van der Waals surface area contributed by atoms with Crippen LogP contribution in [0.4, 0.5) is 0 Å². The molecule has 0 fully saturated rings. The second-order valence-electron chi connectivity index (χ2n) is 4.79. The fraction of sp³-hybridized carbons (Fsp3) is 0.176. The maximum atomic E-state index is 12.2. The highest BCUT2D eigenvalue weighted by Gasteiger charge is 2.14. The van der Waals surface area contributed by atoms with Crippen LogP contribution in [-0.4, -0.2) is 31.8 Å². The Morgan fingerprint density at radius 2 is 1.88 bits per heavy atom. The molecule has 132 valence electrons. The lowest BCUT2D eigenvalue weighted by Crippen LogP contribution is -2.43. The highest BCUT2D eigenvalue weighted by Crippen LogP contribution is 2.25. The molecule has 6 nitrogen and oxygen atoms in total. The molecule has 0 aliphatic rings. The van der Waals surface area contributed by atoms with Gasteiger partial charge in [0.1, 0.15) is 11.5 Å². The molecule has 2 N–H and O–H groups in total. The minimum Gasteiger partial charge on any atom is -0.496 e. The Hall–Kier alpha value is -2.38. The number of halogens is 1. The number of amides is 2. The molecule has 2 amide bonds. The van der Waals surface area contributed by atoms with Crippen molar-refractivity contribution in [1.29, 1.82) is 0 Å². The molecule has 0 heterocycles. The minimum atomic E-state index is -0.520. The zero-order valence-electron chi connectivity index (χ0n) is 13.7. The molecule has 0 radical (unpaired) electrons. The molecular formula is C17H17ClN2O4S. The van der Waals surface area contributed by atoms with Crippen molar-refractivity contribution in [2.45, 2.75) is 4.90 Å². The van der Waals surface area contributed by atoms with Crippen molar-refractivity contribution in [3.8, 4) is 11.5 Å². The lowest BCUT2D eigenvalue weighted by atomic mass is 10.2. The maximum Gasteiger partial charge on any atom is 0.276 e. The van der Waals surface area contributed by atoms with Crippen LogP contribution < -0.4 is 20.3 Å². The van der Waals surface area contributed by atoms with E-state index in [-0.39, 0.29) is 6.61 Å². The number of hydrazine groups is 1. The Balaban J connectivity index is 1.89. The van der Waals surface area contributed by atoms with Gasteiger partial charge in [-0.2, -0.15) is 0 Å². The topological polar surface area (TPSA) is 76.7 Å². The van der Waals surface area contributed by atoms with Gasteiger partial charge in [-0.15, -0.1) is 11.8 Å². The lowest BCUT2D eigenvalue weighted by molar-refractivity contribution is -0.123. The Labute approximate surface area is 154 Å². The Kier molecular flexibility index (Phi) is 6.97. The molecule has 0 atom stereocenters. The van der Waals surface area contributed by atoms with E-state index in [1.807, 2.05) is 6.26 Å². The van der Waals surface area contributed by atoms with E-state index in [1.165, 1.54) is 18.9 Å². The van der Waals surface area contributed by atoms with Crippen LogP contribution in [-0.2, 0) is 4.79 Å². The summed E-state index contributed by atoms with van der Waals surface area (Å²) in [4.78, 5) is 24.9. The van der Waals surface area contributed by atoms with Crippen molar-refractivity contribution in [3.05, 3.63) is 53.1 Å². The molecule has 0 unspecified atom stereocenters. The van der Waals surface area contributed by atoms with Crippen molar-refractivity contribution in [2.75, 3.05) is 20.0 Å². The van der Waals surface area contributed by atoms with Gasteiger partial charge in [0.25, 0.3) is 11.8 Å². The van der Waals surface area contributed by atoms with Gasteiger partial charge in [0, 0.05) is 4.90 Å². The minimum absolute atomic E-state index is 0.285. The number of carbonyl (C=O) groups excluding carboxylic acids is 2. The van der Waals surface area contributed by atoms with Gasteiger partial charge < -0.3 is 9.47 Å². The predicted octanol–water partition coefficient (Wildman–Crippen LogP) is 2.91. The molecule has 0 aromatic heterocycles. The first-order valence-electron chi connectivity index (χ1n) is 7.23. The molecule has 0 bridgehead atoms. The second kappa shape index (κ2) is 9.19. The molecule has 2 aromatic carbocycles. The van der Waals surface area contributed by atoms with E-state index in [4.69, 9.17) is 21.1 Å². The van der Waals surface area contributed by atoms with E-state index in [0.29, 0.717) is 22.1 Å². The quantitative estimate of drug-likeness (QED) is 0.595. The van der Waals surface area contributed by atoms with Gasteiger partial charge in [0.2, 0.25) is 0 Å². The summed E-state index contributed by atoms with van der Waals surface area (Å²) in [5, 5.41) is 0.401. The van der Waals surface area contributed by atoms with Crippen molar-refractivity contribution in [1.82, 2.24) is 10.9 Å². The highest BCUT2D eigenvalue weighted by molar-refractivity contribution is 7.98. The Bertz CT molecular complexity index is 770. The van der Waals surface area contributed by atoms with Crippen LogP contribution in [0.15, 0.2) is 47.4 Å². The van der Waals surface area contributed by atoms with Crippen molar-refractivity contribution >= 4 is 35.2 Å². The number of hydrogen-bond donors (Lipinski definition) is 2. The number of methoxy groups -OCH3 is 1. The summed E-state index contributed by atoms with van der Waals surface area (Å²) >= 11 is 7.47. The van der Waals surface area contributed by atoms with E-state index in [0.717, 1.165) is 4.90 Å². The van der Waals surface area contributed by atoms with Crippen LogP contribution in [0, 0.1) is 0 Å². The first-order chi connectivity index (χ1) is 12.0. The average Bonchev–Trinajstić information content (AvgIpc) is 2.64. The van der Waals surface area contributed by atoms with Gasteiger partial charge in [-0.05, 0) is 36.6 Å². The summed E-state index contributed by atoms with van der Waals surface area (Å²) in [5.74, 6) is -0.200. The van der Waals surface area contributed by atoms with E-state index in [9.17, 15) is 9.59 Å². The number of thioether (sulfide) groups is 1. The van der Waals surface area contributed by atoms with Gasteiger partial charge in [-0.3, -0.25) is 20.4 Å². The zero-order valence-corrected chi connectivity index (χ0v) is 15.2. The van der Waals surface area contributed by atoms with Crippen LogP contribution in [0.2, 0.25) is 5.02 Å². The molecule has 2 aromatic rings. The molecule has 8 heteroatoms. The third kappa shape index (κ3) is 5.30. The number of ether oxygens (including phenoxy) is 2. The summed E-state index contributed by atoms with van der Waals surface area (Å²) < 4.78 is 10.5. The summed E-state index contributed by atoms with van der Waals surface area (Å²) in [6, 6.07) is 12.0. The second-order valence-corrected chi connectivity index (χ2v) is 6.07. The number of hydrogen-bond acceptors (Lipinski definition) is 5. The Morgan fingerprint density at radius 3 is 2.56 bits per heavy atom. The molecule has 0 spiro atoms. The SMILES string of the molecule is COc1cc(SC)ccc1C(=O)NNC(=O)COc1ccccc1Cl.